The van der Waals surface area contributed by atoms with Gasteiger partial charge in [0.2, 0.25) is 0 Å². The monoisotopic (exact) mass is 216 g/mol. The Kier molecular flexibility index (Phi) is 2.20. The molecule has 3 atom stereocenters. The smallest absolute Gasteiger partial charge is 0.431 e. The van der Waals surface area contributed by atoms with Crippen LogP contribution in [0.4, 0.5) is 4.79 Å². The standard InChI is InChI=1S/C10H16O5/c1-9(2)6(11)4-10(3)7(14-9)5-13-8(12)15-10/h6-7,11H,4-5H2,1-3H3/t6-,7-,10-/m1/s1. The van der Waals surface area contributed by atoms with Crippen LogP contribution in [0.2, 0.25) is 0 Å². The van der Waals surface area contributed by atoms with E-state index in [-0.39, 0.29) is 12.7 Å². The van der Waals surface area contributed by atoms with Crippen LogP contribution in [0.1, 0.15) is 27.2 Å². The van der Waals surface area contributed by atoms with Gasteiger partial charge in [-0.25, -0.2) is 4.79 Å². The third-order valence-electron chi connectivity index (χ3n) is 3.20. The summed E-state index contributed by atoms with van der Waals surface area (Å²) in [6.07, 6.45) is -1.28. The number of carbonyl (C=O) groups is 1. The topological polar surface area (TPSA) is 65.0 Å². The molecule has 0 aromatic carbocycles. The number of aliphatic hydroxyl groups excluding tert-OH is 1. The van der Waals surface area contributed by atoms with Gasteiger partial charge in [0.25, 0.3) is 0 Å². The van der Waals surface area contributed by atoms with Crippen LogP contribution < -0.4 is 0 Å². The average Bonchev–Trinajstić information content (AvgIpc) is 2.08. The molecule has 0 spiro atoms. The fourth-order valence-corrected chi connectivity index (χ4v) is 2.01. The highest BCUT2D eigenvalue weighted by Gasteiger charge is 2.54. The van der Waals surface area contributed by atoms with Crippen molar-refractivity contribution in [2.45, 2.75) is 50.6 Å². The molecule has 0 bridgehead atoms. The molecule has 2 aliphatic heterocycles. The number of fused-ring (bicyclic) bond motifs is 1. The molecule has 15 heavy (non-hydrogen) atoms. The molecule has 0 unspecified atom stereocenters. The predicted molar refractivity (Wildman–Crippen MR) is 50.4 cm³/mol. The normalized spacial score (nSPS) is 43.9. The Balaban J connectivity index is 2.20. The lowest BCUT2D eigenvalue weighted by atomic mass is 9.81. The summed E-state index contributed by atoms with van der Waals surface area (Å²) in [6.45, 7) is 5.57. The number of aliphatic hydroxyl groups is 1. The SMILES string of the molecule is CC1(C)O[C@@H]2COC(=O)O[C@]2(C)C[C@H]1O. The van der Waals surface area contributed by atoms with Gasteiger partial charge >= 0.3 is 6.16 Å². The van der Waals surface area contributed by atoms with Crippen molar-refractivity contribution in [1.82, 2.24) is 0 Å². The molecule has 0 aromatic rings. The van der Waals surface area contributed by atoms with Gasteiger partial charge in [0.1, 0.15) is 18.3 Å². The summed E-state index contributed by atoms with van der Waals surface area (Å²) in [7, 11) is 0. The van der Waals surface area contributed by atoms with Crippen molar-refractivity contribution in [2.75, 3.05) is 6.61 Å². The van der Waals surface area contributed by atoms with Crippen molar-refractivity contribution in [3.63, 3.8) is 0 Å². The predicted octanol–water partition coefficient (Wildman–Crippen LogP) is 0.840. The molecule has 5 nitrogen and oxygen atoms in total. The van der Waals surface area contributed by atoms with E-state index < -0.39 is 23.5 Å². The highest BCUT2D eigenvalue weighted by Crippen LogP contribution is 2.39. The molecule has 2 saturated heterocycles. The van der Waals surface area contributed by atoms with Gasteiger partial charge in [-0.05, 0) is 20.8 Å². The van der Waals surface area contributed by atoms with Crippen LogP contribution in [0.15, 0.2) is 0 Å². The molecule has 2 aliphatic rings. The van der Waals surface area contributed by atoms with Gasteiger partial charge in [-0.2, -0.15) is 0 Å². The quantitative estimate of drug-likeness (QED) is 0.608. The summed E-state index contributed by atoms with van der Waals surface area (Å²) in [5.41, 5.74) is -1.40. The molecule has 2 rings (SSSR count). The average molecular weight is 216 g/mol. The van der Waals surface area contributed by atoms with Crippen molar-refractivity contribution >= 4 is 6.16 Å². The molecule has 2 fully saturated rings. The van der Waals surface area contributed by atoms with Crippen LogP contribution >= 0.6 is 0 Å². The van der Waals surface area contributed by atoms with Crippen molar-refractivity contribution in [3.05, 3.63) is 0 Å². The van der Waals surface area contributed by atoms with Crippen molar-refractivity contribution in [2.24, 2.45) is 0 Å². The minimum atomic E-state index is -0.774. The molecular weight excluding hydrogens is 200 g/mol. The third-order valence-corrected chi connectivity index (χ3v) is 3.20. The molecule has 0 amide bonds. The maximum absolute atomic E-state index is 11.0. The van der Waals surface area contributed by atoms with Crippen LogP contribution in [-0.2, 0) is 14.2 Å². The highest BCUT2D eigenvalue weighted by atomic mass is 16.8. The zero-order valence-corrected chi connectivity index (χ0v) is 9.15. The number of cyclic esters (lactones) is 1. The van der Waals surface area contributed by atoms with Crippen molar-refractivity contribution in [1.29, 1.82) is 0 Å². The highest BCUT2D eigenvalue weighted by molar-refractivity contribution is 5.61. The Morgan fingerprint density at radius 1 is 1.40 bits per heavy atom. The molecule has 86 valence electrons. The van der Waals surface area contributed by atoms with Gasteiger partial charge in [0.05, 0.1) is 11.7 Å². The van der Waals surface area contributed by atoms with E-state index in [0.29, 0.717) is 6.42 Å². The molecule has 2 heterocycles. The van der Waals surface area contributed by atoms with E-state index >= 15 is 0 Å². The summed E-state index contributed by atoms with van der Waals surface area (Å²) in [4.78, 5) is 11.0. The number of carbonyl (C=O) groups excluding carboxylic acids is 1. The van der Waals surface area contributed by atoms with Crippen molar-refractivity contribution in [3.8, 4) is 0 Å². The lowest BCUT2D eigenvalue weighted by Crippen LogP contribution is -2.63. The van der Waals surface area contributed by atoms with Crippen LogP contribution in [0, 0.1) is 0 Å². The second-order valence-electron chi connectivity index (χ2n) is 4.91. The van der Waals surface area contributed by atoms with E-state index in [1.807, 2.05) is 13.8 Å². The second-order valence-corrected chi connectivity index (χ2v) is 4.91. The number of hydrogen-bond acceptors (Lipinski definition) is 5. The van der Waals surface area contributed by atoms with E-state index in [4.69, 9.17) is 14.2 Å². The fourth-order valence-electron chi connectivity index (χ4n) is 2.01. The first-order valence-electron chi connectivity index (χ1n) is 5.05. The zero-order valence-electron chi connectivity index (χ0n) is 9.15. The zero-order chi connectivity index (χ0) is 11.3. The second kappa shape index (κ2) is 3.09. The molecule has 0 aliphatic carbocycles. The summed E-state index contributed by atoms with van der Waals surface area (Å²) in [5.74, 6) is 0. The van der Waals surface area contributed by atoms with Gasteiger partial charge < -0.3 is 19.3 Å². The minimum Gasteiger partial charge on any atom is -0.431 e. The Morgan fingerprint density at radius 2 is 2.07 bits per heavy atom. The lowest BCUT2D eigenvalue weighted by Gasteiger charge is -2.50. The van der Waals surface area contributed by atoms with Gasteiger partial charge in [-0.3, -0.25) is 0 Å². The maximum Gasteiger partial charge on any atom is 0.509 e. The number of rotatable bonds is 0. The van der Waals surface area contributed by atoms with E-state index in [1.165, 1.54) is 0 Å². The minimum absolute atomic E-state index is 0.186. The van der Waals surface area contributed by atoms with E-state index in [1.54, 1.807) is 6.92 Å². The first-order chi connectivity index (χ1) is 6.83. The lowest BCUT2D eigenvalue weighted by molar-refractivity contribution is -0.273. The number of hydrogen-bond donors (Lipinski definition) is 1. The first-order valence-corrected chi connectivity index (χ1v) is 5.05. The number of ether oxygens (including phenoxy) is 3. The Bertz CT molecular complexity index is 288. The fraction of sp³-hybridized carbons (Fsp3) is 0.900. The van der Waals surface area contributed by atoms with Gasteiger partial charge in [0, 0.05) is 6.42 Å². The molecular formula is C10H16O5. The van der Waals surface area contributed by atoms with Crippen LogP contribution in [0.25, 0.3) is 0 Å². The van der Waals surface area contributed by atoms with Gasteiger partial charge in [-0.15, -0.1) is 0 Å². The van der Waals surface area contributed by atoms with Crippen LogP contribution in [0.3, 0.4) is 0 Å². The Hall–Kier alpha value is -0.810. The molecule has 5 heteroatoms. The van der Waals surface area contributed by atoms with Crippen molar-refractivity contribution < 1.29 is 24.1 Å². The van der Waals surface area contributed by atoms with Gasteiger partial charge in [0.15, 0.2) is 0 Å². The molecule has 1 N–H and O–H groups in total. The van der Waals surface area contributed by atoms with E-state index in [0.717, 1.165) is 0 Å². The molecule has 0 radical (unpaired) electrons. The van der Waals surface area contributed by atoms with Gasteiger partial charge in [-0.1, -0.05) is 0 Å². The Labute approximate surface area is 88.3 Å². The van der Waals surface area contributed by atoms with E-state index in [2.05, 4.69) is 0 Å². The first kappa shape index (κ1) is 10.7. The van der Waals surface area contributed by atoms with Crippen LogP contribution in [0.5, 0.6) is 0 Å². The summed E-state index contributed by atoms with van der Waals surface area (Å²) >= 11 is 0. The molecule has 0 aromatic heterocycles. The Morgan fingerprint density at radius 3 is 2.73 bits per heavy atom. The van der Waals surface area contributed by atoms with E-state index in [9.17, 15) is 9.90 Å². The third kappa shape index (κ3) is 1.70. The summed E-state index contributed by atoms with van der Waals surface area (Å²) < 4.78 is 15.6. The summed E-state index contributed by atoms with van der Waals surface area (Å²) in [5, 5.41) is 9.87. The maximum atomic E-state index is 11.0. The summed E-state index contributed by atoms with van der Waals surface area (Å²) in [6, 6.07) is 0. The largest absolute Gasteiger partial charge is 0.509 e. The van der Waals surface area contributed by atoms with Crippen LogP contribution in [-0.4, -0.2) is 41.3 Å². The molecule has 0 saturated carbocycles.